The third-order valence-corrected chi connectivity index (χ3v) is 4.23. The molecule has 0 aliphatic heterocycles. The van der Waals surface area contributed by atoms with Gasteiger partial charge < -0.3 is 15.3 Å². The second-order valence-electron chi connectivity index (χ2n) is 5.94. The largest absolute Gasteiger partial charge is 0.431 e. The smallest absolute Gasteiger partial charge is 0.361 e. The number of rotatable bonds is 5. The summed E-state index contributed by atoms with van der Waals surface area (Å²) in [5, 5.41) is 4.33. The summed E-state index contributed by atoms with van der Waals surface area (Å²) in [4.78, 5) is 17.0. The van der Waals surface area contributed by atoms with Gasteiger partial charge in [0.25, 0.3) is 5.56 Å². The Morgan fingerprint density at radius 1 is 1.16 bits per heavy atom. The fourth-order valence-corrected chi connectivity index (χ4v) is 2.86. The van der Waals surface area contributed by atoms with E-state index in [4.69, 9.17) is 0 Å². The molecule has 0 unspecified atom stereocenters. The molecule has 25 heavy (non-hydrogen) atoms. The Hall–Kier alpha value is -2.54. The van der Waals surface area contributed by atoms with Crippen LogP contribution in [0.4, 0.5) is 13.2 Å². The number of aromatic amines is 2. The van der Waals surface area contributed by atoms with Gasteiger partial charge in [-0.3, -0.25) is 4.79 Å². The summed E-state index contributed by atoms with van der Waals surface area (Å²) in [7, 11) is 0. The van der Waals surface area contributed by atoms with Gasteiger partial charge >= 0.3 is 6.18 Å². The zero-order valence-corrected chi connectivity index (χ0v) is 13.6. The van der Waals surface area contributed by atoms with Crippen molar-refractivity contribution < 1.29 is 13.2 Å². The Morgan fingerprint density at radius 2 is 1.92 bits per heavy atom. The molecule has 0 saturated carbocycles. The van der Waals surface area contributed by atoms with Crippen molar-refractivity contribution in [2.24, 2.45) is 0 Å². The predicted molar refractivity (Wildman–Crippen MR) is 90.5 cm³/mol. The fraction of sp³-hybridized carbons (Fsp3) is 0.278. The Labute approximate surface area is 142 Å². The van der Waals surface area contributed by atoms with E-state index in [9.17, 15) is 18.0 Å². The zero-order chi connectivity index (χ0) is 18.0. The quantitative estimate of drug-likeness (QED) is 0.657. The first kappa shape index (κ1) is 17.3. The third-order valence-electron chi connectivity index (χ3n) is 4.23. The Bertz CT molecular complexity index is 927. The highest BCUT2D eigenvalue weighted by Gasteiger charge is 2.32. The van der Waals surface area contributed by atoms with Crippen molar-refractivity contribution in [1.29, 1.82) is 0 Å². The Morgan fingerprint density at radius 3 is 2.64 bits per heavy atom. The lowest BCUT2D eigenvalue weighted by molar-refractivity contribution is -0.141. The van der Waals surface area contributed by atoms with E-state index in [1.54, 1.807) is 6.92 Å². The van der Waals surface area contributed by atoms with Crippen LogP contribution in [0.2, 0.25) is 0 Å². The predicted octanol–water partition coefficient (Wildman–Crippen LogP) is 3.77. The van der Waals surface area contributed by atoms with Crippen LogP contribution < -0.4 is 10.9 Å². The minimum Gasteiger partial charge on any atom is -0.361 e. The maximum absolute atomic E-state index is 12.6. The SMILES string of the molecule is C[C@@H](NCCc1c[nH]c2ccccc12)c1ccc(C(F)(F)F)[nH]c1=O. The van der Waals surface area contributed by atoms with Gasteiger partial charge in [0.05, 0.1) is 0 Å². The topological polar surface area (TPSA) is 60.7 Å². The summed E-state index contributed by atoms with van der Waals surface area (Å²) in [5.74, 6) is 0. The summed E-state index contributed by atoms with van der Waals surface area (Å²) in [6.45, 7) is 2.36. The molecule has 7 heteroatoms. The second kappa shape index (κ2) is 6.76. The summed E-state index contributed by atoms with van der Waals surface area (Å²) < 4.78 is 37.8. The van der Waals surface area contributed by atoms with Crippen molar-refractivity contribution in [3.8, 4) is 0 Å². The molecule has 0 aliphatic carbocycles. The Kier molecular flexibility index (Phi) is 4.67. The zero-order valence-electron chi connectivity index (χ0n) is 13.6. The van der Waals surface area contributed by atoms with Gasteiger partial charge in [0.2, 0.25) is 0 Å². The second-order valence-corrected chi connectivity index (χ2v) is 5.94. The van der Waals surface area contributed by atoms with Crippen LogP contribution in [0.25, 0.3) is 10.9 Å². The number of nitrogens with one attached hydrogen (secondary N) is 3. The number of H-pyrrole nitrogens is 2. The number of alkyl halides is 3. The number of benzene rings is 1. The summed E-state index contributed by atoms with van der Waals surface area (Å²) in [5.41, 5.74) is 0.738. The normalized spacial score (nSPS) is 13.3. The van der Waals surface area contributed by atoms with Crippen LogP contribution in [0.3, 0.4) is 0 Å². The van der Waals surface area contributed by atoms with E-state index in [1.165, 1.54) is 6.07 Å². The van der Waals surface area contributed by atoms with E-state index in [0.717, 1.165) is 29.0 Å². The minimum absolute atomic E-state index is 0.284. The lowest BCUT2D eigenvalue weighted by Crippen LogP contribution is -2.28. The molecule has 0 amide bonds. The summed E-state index contributed by atoms with van der Waals surface area (Å²) >= 11 is 0. The van der Waals surface area contributed by atoms with Gasteiger partial charge in [0, 0.05) is 28.7 Å². The highest BCUT2D eigenvalue weighted by atomic mass is 19.4. The number of aromatic nitrogens is 2. The molecule has 2 heterocycles. The molecular formula is C18H18F3N3O. The van der Waals surface area contributed by atoms with Crippen LogP contribution in [0.5, 0.6) is 0 Å². The molecule has 1 atom stereocenters. The monoisotopic (exact) mass is 349 g/mol. The van der Waals surface area contributed by atoms with Gasteiger partial charge in [-0.05, 0) is 43.7 Å². The first-order chi connectivity index (χ1) is 11.9. The average Bonchev–Trinajstić information content (AvgIpc) is 2.97. The van der Waals surface area contributed by atoms with Crippen molar-refractivity contribution in [2.75, 3.05) is 6.54 Å². The molecule has 0 radical (unpaired) electrons. The lowest BCUT2D eigenvalue weighted by atomic mass is 10.1. The number of hydrogen-bond donors (Lipinski definition) is 3. The van der Waals surface area contributed by atoms with Gasteiger partial charge in [-0.25, -0.2) is 0 Å². The number of fused-ring (bicyclic) bond motifs is 1. The summed E-state index contributed by atoms with van der Waals surface area (Å²) in [6, 6.07) is 9.73. The third kappa shape index (κ3) is 3.76. The number of halogens is 3. The van der Waals surface area contributed by atoms with Gasteiger partial charge in [0.15, 0.2) is 0 Å². The van der Waals surface area contributed by atoms with Gasteiger partial charge in [-0.2, -0.15) is 13.2 Å². The van der Waals surface area contributed by atoms with Crippen LogP contribution in [0.1, 0.15) is 29.8 Å². The van der Waals surface area contributed by atoms with Crippen LogP contribution in [0.15, 0.2) is 47.4 Å². The molecule has 0 aliphatic rings. The number of hydrogen-bond acceptors (Lipinski definition) is 2. The standard InChI is InChI=1S/C18H18F3N3O/c1-11(13-6-7-16(18(19,20)21)24-17(13)25)22-9-8-12-10-23-15-5-3-2-4-14(12)15/h2-7,10-11,22-23H,8-9H2,1H3,(H,24,25)/t11-/m1/s1. The van der Waals surface area contributed by atoms with E-state index in [0.29, 0.717) is 6.54 Å². The van der Waals surface area contributed by atoms with E-state index in [1.807, 2.05) is 35.4 Å². The van der Waals surface area contributed by atoms with Crippen LogP contribution in [-0.4, -0.2) is 16.5 Å². The molecule has 2 aromatic heterocycles. The van der Waals surface area contributed by atoms with Crippen LogP contribution in [0, 0.1) is 0 Å². The van der Waals surface area contributed by atoms with E-state index in [2.05, 4.69) is 10.3 Å². The van der Waals surface area contributed by atoms with Crippen molar-refractivity contribution >= 4 is 10.9 Å². The molecule has 3 rings (SSSR count). The molecule has 4 nitrogen and oxygen atoms in total. The van der Waals surface area contributed by atoms with Gasteiger partial charge in [-0.1, -0.05) is 18.2 Å². The average molecular weight is 349 g/mol. The molecule has 1 aromatic carbocycles. The van der Waals surface area contributed by atoms with E-state index in [-0.39, 0.29) is 11.6 Å². The highest BCUT2D eigenvalue weighted by Crippen LogP contribution is 2.27. The lowest BCUT2D eigenvalue weighted by Gasteiger charge is -2.14. The maximum atomic E-state index is 12.6. The van der Waals surface area contributed by atoms with Crippen LogP contribution >= 0.6 is 0 Å². The molecule has 0 bridgehead atoms. The number of pyridine rings is 1. The molecule has 3 aromatic rings. The molecule has 132 valence electrons. The van der Waals surface area contributed by atoms with Gasteiger partial charge in [-0.15, -0.1) is 0 Å². The first-order valence-electron chi connectivity index (χ1n) is 7.95. The molecule has 0 fully saturated rings. The minimum atomic E-state index is -4.55. The van der Waals surface area contributed by atoms with Gasteiger partial charge in [0.1, 0.15) is 5.69 Å². The molecule has 0 spiro atoms. The molecular weight excluding hydrogens is 331 g/mol. The van der Waals surface area contributed by atoms with E-state index >= 15 is 0 Å². The highest BCUT2D eigenvalue weighted by molar-refractivity contribution is 5.83. The molecule has 3 N–H and O–H groups in total. The fourth-order valence-electron chi connectivity index (χ4n) is 2.86. The summed E-state index contributed by atoms with van der Waals surface area (Å²) in [6.07, 6.45) is -1.86. The van der Waals surface area contributed by atoms with Crippen molar-refractivity contribution in [2.45, 2.75) is 25.6 Å². The van der Waals surface area contributed by atoms with Crippen LogP contribution in [-0.2, 0) is 12.6 Å². The number of para-hydroxylation sites is 1. The first-order valence-corrected chi connectivity index (χ1v) is 7.95. The molecule has 0 saturated heterocycles. The van der Waals surface area contributed by atoms with Crippen molar-refractivity contribution in [1.82, 2.24) is 15.3 Å². The van der Waals surface area contributed by atoms with Crippen molar-refractivity contribution in [3.63, 3.8) is 0 Å². The van der Waals surface area contributed by atoms with E-state index < -0.39 is 17.4 Å². The maximum Gasteiger partial charge on any atom is 0.431 e. The van der Waals surface area contributed by atoms with Crippen molar-refractivity contribution in [3.05, 3.63) is 69.8 Å². The Balaban J connectivity index is 1.65.